The van der Waals surface area contributed by atoms with Crippen molar-refractivity contribution in [2.45, 2.75) is 25.8 Å². The van der Waals surface area contributed by atoms with Gasteiger partial charge in [-0.2, -0.15) is 0 Å². The van der Waals surface area contributed by atoms with E-state index in [2.05, 4.69) is 10.6 Å². The summed E-state index contributed by atoms with van der Waals surface area (Å²) in [6.45, 7) is 4.03. The summed E-state index contributed by atoms with van der Waals surface area (Å²) in [6, 6.07) is 9.72. The fraction of sp³-hybridized carbons (Fsp3) is 0.462. The van der Waals surface area contributed by atoms with E-state index in [0.717, 1.165) is 6.42 Å². The summed E-state index contributed by atoms with van der Waals surface area (Å²) in [5.74, 6) is 0. The zero-order chi connectivity index (χ0) is 12.7. The molecule has 0 atom stereocenters. The normalized spacial score (nSPS) is 11.0. The van der Waals surface area contributed by atoms with E-state index in [1.54, 1.807) is 13.8 Å². The lowest BCUT2D eigenvalue weighted by atomic mass is 10.1. The molecule has 0 aromatic heterocycles. The molecule has 0 fully saturated rings. The fourth-order valence-corrected chi connectivity index (χ4v) is 1.36. The number of carbonyl (C=O) groups is 1. The minimum atomic E-state index is -0.586. The second-order valence-corrected chi connectivity index (χ2v) is 4.66. The lowest BCUT2D eigenvalue weighted by Gasteiger charge is -2.23. The van der Waals surface area contributed by atoms with Crippen molar-refractivity contribution in [3.8, 4) is 0 Å². The van der Waals surface area contributed by atoms with Crippen LogP contribution >= 0.6 is 0 Å². The summed E-state index contributed by atoms with van der Waals surface area (Å²) in [6.07, 6.45) is 0.799. The highest BCUT2D eigenvalue weighted by molar-refractivity contribution is 5.74. The summed E-state index contributed by atoms with van der Waals surface area (Å²) in [7, 11) is 0. The molecule has 0 heterocycles. The van der Waals surface area contributed by atoms with Gasteiger partial charge in [-0.1, -0.05) is 30.3 Å². The molecule has 1 aromatic rings. The summed E-state index contributed by atoms with van der Waals surface area (Å²) in [4.78, 5) is 11.5. The molecule has 4 heteroatoms. The average molecular weight is 236 g/mol. The van der Waals surface area contributed by atoms with Crippen LogP contribution in [0.1, 0.15) is 19.4 Å². The second kappa shape index (κ2) is 6.25. The Bertz CT molecular complexity index is 350. The van der Waals surface area contributed by atoms with E-state index in [1.807, 2.05) is 30.3 Å². The summed E-state index contributed by atoms with van der Waals surface area (Å²) in [5, 5.41) is 14.5. The predicted octanol–water partition coefficient (Wildman–Crippen LogP) is 1.30. The van der Waals surface area contributed by atoms with Crippen LogP contribution in [0.25, 0.3) is 0 Å². The number of carbonyl (C=O) groups excluding carboxylic acids is 1. The van der Waals surface area contributed by atoms with Gasteiger partial charge in [0, 0.05) is 6.54 Å². The second-order valence-electron chi connectivity index (χ2n) is 4.66. The molecule has 0 unspecified atom stereocenters. The Kier molecular flexibility index (Phi) is 4.97. The van der Waals surface area contributed by atoms with E-state index < -0.39 is 5.54 Å². The van der Waals surface area contributed by atoms with E-state index in [0.29, 0.717) is 6.54 Å². The molecule has 2 amide bonds. The van der Waals surface area contributed by atoms with Gasteiger partial charge in [-0.05, 0) is 25.8 Å². The van der Waals surface area contributed by atoms with Crippen molar-refractivity contribution in [2.24, 2.45) is 0 Å². The molecular weight excluding hydrogens is 216 g/mol. The van der Waals surface area contributed by atoms with Crippen LogP contribution in [-0.2, 0) is 6.42 Å². The lowest BCUT2D eigenvalue weighted by Crippen LogP contribution is -2.50. The smallest absolute Gasteiger partial charge is 0.315 e. The highest BCUT2D eigenvalue weighted by Gasteiger charge is 2.18. The molecule has 17 heavy (non-hydrogen) atoms. The molecule has 0 aliphatic heterocycles. The van der Waals surface area contributed by atoms with Crippen LogP contribution in [-0.4, -0.2) is 29.8 Å². The van der Waals surface area contributed by atoms with Gasteiger partial charge < -0.3 is 15.7 Å². The molecular formula is C13H20N2O2. The van der Waals surface area contributed by atoms with Crippen molar-refractivity contribution in [3.05, 3.63) is 35.9 Å². The SMILES string of the molecule is CC(C)(CO)NC(=O)NCCc1ccccc1. The first-order valence-electron chi connectivity index (χ1n) is 5.74. The quantitative estimate of drug-likeness (QED) is 0.721. The van der Waals surface area contributed by atoms with Crippen LogP contribution in [0.4, 0.5) is 4.79 Å². The minimum absolute atomic E-state index is 0.0842. The van der Waals surface area contributed by atoms with Gasteiger partial charge in [-0.25, -0.2) is 4.79 Å². The Morgan fingerprint density at radius 1 is 1.29 bits per heavy atom. The van der Waals surface area contributed by atoms with Gasteiger partial charge in [0.25, 0.3) is 0 Å². The van der Waals surface area contributed by atoms with Crippen LogP contribution in [0, 0.1) is 0 Å². The van der Waals surface area contributed by atoms with Crippen molar-refractivity contribution < 1.29 is 9.90 Å². The number of urea groups is 1. The standard InChI is InChI=1S/C13H20N2O2/c1-13(2,10-16)15-12(17)14-9-8-11-6-4-3-5-7-11/h3-7,16H,8-10H2,1-2H3,(H2,14,15,17). The van der Waals surface area contributed by atoms with Crippen LogP contribution in [0.2, 0.25) is 0 Å². The van der Waals surface area contributed by atoms with Crippen LogP contribution < -0.4 is 10.6 Å². The number of aliphatic hydroxyl groups excluding tert-OH is 1. The molecule has 0 radical (unpaired) electrons. The van der Waals surface area contributed by atoms with Gasteiger partial charge >= 0.3 is 6.03 Å². The molecule has 0 aliphatic rings. The monoisotopic (exact) mass is 236 g/mol. The first-order chi connectivity index (χ1) is 8.03. The molecule has 0 aliphatic carbocycles. The maximum atomic E-state index is 11.5. The number of rotatable bonds is 5. The number of hydrogen-bond donors (Lipinski definition) is 3. The van der Waals surface area contributed by atoms with E-state index in [9.17, 15) is 4.79 Å². The zero-order valence-corrected chi connectivity index (χ0v) is 10.4. The van der Waals surface area contributed by atoms with Crippen molar-refractivity contribution in [3.63, 3.8) is 0 Å². The van der Waals surface area contributed by atoms with E-state index >= 15 is 0 Å². The van der Waals surface area contributed by atoms with Crippen molar-refractivity contribution in [2.75, 3.05) is 13.2 Å². The third-order valence-electron chi connectivity index (χ3n) is 2.39. The molecule has 1 aromatic carbocycles. The van der Waals surface area contributed by atoms with E-state index in [-0.39, 0.29) is 12.6 Å². The molecule has 1 rings (SSSR count). The lowest BCUT2D eigenvalue weighted by molar-refractivity contribution is 0.182. The minimum Gasteiger partial charge on any atom is -0.394 e. The van der Waals surface area contributed by atoms with Gasteiger partial charge in [0.2, 0.25) is 0 Å². The molecule has 0 saturated carbocycles. The Morgan fingerprint density at radius 2 is 1.94 bits per heavy atom. The van der Waals surface area contributed by atoms with Crippen molar-refractivity contribution >= 4 is 6.03 Å². The number of nitrogens with one attached hydrogen (secondary N) is 2. The first kappa shape index (κ1) is 13.5. The first-order valence-corrected chi connectivity index (χ1v) is 5.74. The largest absolute Gasteiger partial charge is 0.394 e. The van der Waals surface area contributed by atoms with E-state index in [1.165, 1.54) is 5.56 Å². The molecule has 0 spiro atoms. The number of aliphatic hydroxyl groups is 1. The Labute approximate surface area is 102 Å². The number of amides is 2. The van der Waals surface area contributed by atoms with Gasteiger partial charge in [-0.15, -0.1) is 0 Å². The van der Waals surface area contributed by atoms with Crippen LogP contribution in [0.5, 0.6) is 0 Å². The van der Waals surface area contributed by atoms with Gasteiger partial charge in [0.05, 0.1) is 12.1 Å². The van der Waals surface area contributed by atoms with Crippen molar-refractivity contribution in [1.29, 1.82) is 0 Å². The Balaban J connectivity index is 2.25. The summed E-state index contributed by atoms with van der Waals surface area (Å²) >= 11 is 0. The fourth-order valence-electron chi connectivity index (χ4n) is 1.36. The maximum Gasteiger partial charge on any atom is 0.315 e. The highest BCUT2D eigenvalue weighted by atomic mass is 16.3. The summed E-state index contributed by atoms with van der Waals surface area (Å²) < 4.78 is 0. The topological polar surface area (TPSA) is 61.4 Å². The summed E-state index contributed by atoms with van der Waals surface area (Å²) in [5.41, 5.74) is 0.603. The average Bonchev–Trinajstić information content (AvgIpc) is 2.30. The van der Waals surface area contributed by atoms with E-state index in [4.69, 9.17) is 5.11 Å². The van der Waals surface area contributed by atoms with Gasteiger partial charge in [0.1, 0.15) is 0 Å². The predicted molar refractivity (Wildman–Crippen MR) is 67.8 cm³/mol. The maximum absolute atomic E-state index is 11.5. The number of benzene rings is 1. The molecule has 3 N–H and O–H groups in total. The zero-order valence-electron chi connectivity index (χ0n) is 10.4. The molecule has 4 nitrogen and oxygen atoms in total. The third-order valence-corrected chi connectivity index (χ3v) is 2.39. The third kappa shape index (κ3) is 5.36. The van der Waals surface area contributed by atoms with Crippen LogP contribution in [0.3, 0.4) is 0 Å². The van der Waals surface area contributed by atoms with Gasteiger partial charge in [0.15, 0.2) is 0 Å². The molecule has 0 saturated heterocycles. The number of hydrogen-bond acceptors (Lipinski definition) is 2. The van der Waals surface area contributed by atoms with Crippen LogP contribution in [0.15, 0.2) is 30.3 Å². The highest BCUT2D eigenvalue weighted by Crippen LogP contribution is 2.00. The molecule has 94 valence electrons. The Hall–Kier alpha value is -1.55. The molecule has 0 bridgehead atoms. The van der Waals surface area contributed by atoms with Crippen molar-refractivity contribution in [1.82, 2.24) is 10.6 Å². The Morgan fingerprint density at radius 3 is 2.53 bits per heavy atom. The van der Waals surface area contributed by atoms with Gasteiger partial charge in [-0.3, -0.25) is 0 Å².